The normalized spacial score (nSPS) is 25.3. The van der Waals surface area contributed by atoms with Crippen LogP contribution >= 0.6 is 15.9 Å². The number of aromatic nitrogens is 4. The van der Waals surface area contributed by atoms with Gasteiger partial charge in [-0.25, -0.2) is 4.98 Å². The van der Waals surface area contributed by atoms with Crippen molar-refractivity contribution in [1.82, 2.24) is 34.4 Å². The summed E-state index contributed by atoms with van der Waals surface area (Å²) in [4.78, 5) is 28.2. The standard InChI is InChI=1S/C25H38BrN9O/c1-17-22(16-35(31-17)20-13-18-5-6-19(14-20)33(18)3)29-25-28-15-21(26)24(30-25)27-8-4-9-34-12-11-32(2)10-7-23(34)36/h15-16,18-20H,4-14H2,1-3H3,(H2,27,28,29,30). The largest absolute Gasteiger partial charge is 0.369 e. The summed E-state index contributed by atoms with van der Waals surface area (Å²) in [6.45, 7) is 6.08. The molecule has 2 aromatic heterocycles. The molecule has 0 aliphatic carbocycles. The molecule has 36 heavy (non-hydrogen) atoms. The maximum absolute atomic E-state index is 12.3. The number of carbonyl (C=O) groups excluding carboxylic acids is 1. The fourth-order valence-electron chi connectivity index (χ4n) is 5.75. The van der Waals surface area contributed by atoms with Gasteiger partial charge >= 0.3 is 0 Å². The number of amides is 1. The average molecular weight is 561 g/mol. The molecule has 2 N–H and O–H groups in total. The van der Waals surface area contributed by atoms with E-state index in [1.165, 1.54) is 12.8 Å². The smallest absolute Gasteiger partial charge is 0.229 e. The van der Waals surface area contributed by atoms with Crippen molar-refractivity contribution in [2.75, 3.05) is 57.5 Å². The van der Waals surface area contributed by atoms with Gasteiger partial charge in [-0.05, 0) is 69.1 Å². The minimum absolute atomic E-state index is 0.248. The molecule has 5 heterocycles. The van der Waals surface area contributed by atoms with Gasteiger partial charge in [0.05, 0.1) is 21.9 Å². The van der Waals surface area contributed by atoms with E-state index >= 15 is 0 Å². The lowest BCUT2D eigenvalue weighted by atomic mass is 9.98. The van der Waals surface area contributed by atoms with Crippen LogP contribution in [0, 0.1) is 6.92 Å². The molecule has 3 aliphatic heterocycles. The summed E-state index contributed by atoms with van der Waals surface area (Å²) in [6, 6.07) is 1.81. The van der Waals surface area contributed by atoms with E-state index in [4.69, 9.17) is 5.10 Å². The number of hydrogen-bond acceptors (Lipinski definition) is 8. The summed E-state index contributed by atoms with van der Waals surface area (Å²) in [5, 5.41) is 11.6. The molecule has 11 heteroatoms. The van der Waals surface area contributed by atoms with Crippen molar-refractivity contribution in [3.05, 3.63) is 22.6 Å². The maximum Gasteiger partial charge on any atom is 0.229 e. The molecule has 196 valence electrons. The van der Waals surface area contributed by atoms with Gasteiger partial charge < -0.3 is 25.3 Å². The number of aryl methyl sites for hydroxylation is 1. The number of nitrogens with zero attached hydrogens (tertiary/aromatic N) is 7. The molecule has 2 atom stereocenters. The highest BCUT2D eigenvalue weighted by atomic mass is 79.9. The van der Waals surface area contributed by atoms with E-state index in [1.807, 2.05) is 11.8 Å². The minimum Gasteiger partial charge on any atom is -0.369 e. The minimum atomic E-state index is 0.248. The summed E-state index contributed by atoms with van der Waals surface area (Å²) >= 11 is 3.56. The van der Waals surface area contributed by atoms with E-state index in [2.05, 4.69) is 71.3 Å². The van der Waals surface area contributed by atoms with Crippen LogP contribution in [-0.4, -0.2) is 99.3 Å². The number of hydrogen-bond donors (Lipinski definition) is 2. The van der Waals surface area contributed by atoms with E-state index < -0.39 is 0 Å². The monoisotopic (exact) mass is 559 g/mol. The van der Waals surface area contributed by atoms with Gasteiger partial charge in [0.1, 0.15) is 5.82 Å². The van der Waals surface area contributed by atoms with Crippen LogP contribution in [0.1, 0.15) is 50.3 Å². The molecular weight excluding hydrogens is 522 g/mol. The summed E-state index contributed by atoms with van der Waals surface area (Å²) in [5.74, 6) is 1.53. The number of likely N-dealkylation sites (N-methyl/N-ethyl adjacent to an activating group) is 1. The maximum atomic E-state index is 12.3. The first-order valence-electron chi connectivity index (χ1n) is 13.1. The van der Waals surface area contributed by atoms with Crippen LogP contribution in [-0.2, 0) is 4.79 Å². The van der Waals surface area contributed by atoms with Crippen molar-refractivity contribution >= 4 is 39.3 Å². The molecule has 3 saturated heterocycles. The average Bonchev–Trinajstić information content (AvgIpc) is 3.23. The first-order chi connectivity index (χ1) is 17.4. The zero-order valence-corrected chi connectivity index (χ0v) is 23.2. The Labute approximate surface area is 221 Å². The highest BCUT2D eigenvalue weighted by Gasteiger charge is 2.39. The van der Waals surface area contributed by atoms with Gasteiger partial charge in [-0.2, -0.15) is 10.1 Å². The lowest BCUT2D eigenvalue weighted by molar-refractivity contribution is -0.130. The second-order valence-electron chi connectivity index (χ2n) is 10.5. The summed E-state index contributed by atoms with van der Waals surface area (Å²) in [5.41, 5.74) is 1.90. The summed E-state index contributed by atoms with van der Waals surface area (Å²) in [6.07, 6.45) is 10.3. The number of nitrogens with one attached hydrogen (secondary N) is 2. The molecule has 3 fully saturated rings. The zero-order valence-electron chi connectivity index (χ0n) is 21.6. The molecule has 0 saturated carbocycles. The van der Waals surface area contributed by atoms with Crippen LogP contribution in [0.25, 0.3) is 0 Å². The number of piperidine rings is 1. The van der Waals surface area contributed by atoms with Crippen LogP contribution in [0.3, 0.4) is 0 Å². The van der Waals surface area contributed by atoms with Crippen LogP contribution in [0.5, 0.6) is 0 Å². The molecule has 0 aromatic carbocycles. The number of anilines is 3. The fraction of sp³-hybridized carbons (Fsp3) is 0.680. The third-order valence-corrected chi connectivity index (χ3v) is 8.64. The van der Waals surface area contributed by atoms with Crippen molar-refractivity contribution in [2.45, 2.75) is 63.6 Å². The quantitative estimate of drug-likeness (QED) is 0.476. The second kappa shape index (κ2) is 11.0. The molecule has 5 rings (SSSR count). The lowest BCUT2D eigenvalue weighted by Gasteiger charge is -2.36. The number of fused-ring (bicyclic) bond motifs is 2. The summed E-state index contributed by atoms with van der Waals surface area (Å²) in [7, 11) is 4.34. The van der Waals surface area contributed by atoms with Gasteiger partial charge in [0.15, 0.2) is 0 Å². The molecule has 1 amide bonds. The second-order valence-corrected chi connectivity index (χ2v) is 11.4. The van der Waals surface area contributed by atoms with E-state index in [0.717, 1.165) is 73.7 Å². The van der Waals surface area contributed by atoms with Crippen molar-refractivity contribution < 1.29 is 4.79 Å². The SMILES string of the molecule is Cc1nn(C2CC3CCC(C2)N3C)cc1Nc1ncc(Br)c(NCCCN2CCN(C)CCC2=O)n1. The summed E-state index contributed by atoms with van der Waals surface area (Å²) < 4.78 is 2.96. The highest BCUT2D eigenvalue weighted by Crippen LogP contribution is 2.40. The van der Waals surface area contributed by atoms with Crippen LogP contribution in [0.15, 0.2) is 16.9 Å². The molecular formula is C25H38BrN9O. The molecule has 10 nitrogen and oxygen atoms in total. The van der Waals surface area contributed by atoms with Crippen molar-refractivity contribution in [2.24, 2.45) is 0 Å². The lowest BCUT2D eigenvalue weighted by Crippen LogP contribution is -2.40. The van der Waals surface area contributed by atoms with Crippen LogP contribution in [0.4, 0.5) is 17.5 Å². The number of carbonyl (C=O) groups is 1. The Kier molecular flexibility index (Phi) is 7.78. The molecule has 0 radical (unpaired) electrons. The van der Waals surface area contributed by atoms with Crippen LogP contribution in [0.2, 0.25) is 0 Å². The third-order valence-electron chi connectivity index (χ3n) is 8.06. The molecule has 0 spiro atoms. The Hall–Kier alpha value is -2.24. The zero-order chi connectivity index (χ0) is 25.2. The van der Waals surface area contributed by atoms with Crippen LogP contribution < -0.4 is 10.6 Å². The van der Waals surface area contributed by atoms with Gasteiger partial charge in [0.2, 0.25) is 11.9 Å². The third kappa shape index (κ3) is 5.68. The molecule has 3 aliphatic rings. The van der Waals surface area contributed by atoms with Gasteiger partial charge in [0.25, 0.3) is 0 Å². The van der Waals surface area contributed by atoms with E-state index in [0.29, 0.717) is 30.5 Å². The van der Waals surface area contributed by atoms with Gasteiger partial charge in [-0.1, -0.05) is 0 Å². The van der Waals surface area contributed by atoms with E-state index in [9.17, 15) is 4.79 Å². The topological polar surface area (TPSA) is 94.5 Å². The Morgan fingerprint density at radius 3 is 2.67 bits per heavy atom. The van der Waals surface area contributed by atoms with Crippen molar-refractivity contribution in [1.29, 1.82) is 0 Å². The number of rotatable bonds is 8. The molecule has 2 bridgehead atoms. The van der Waals surface area contributed by atoms with Gasteiger partial charge in [-0.3, -0.25) is 9.48 Å². The van der Waals surface area contributed by atoms with Gasteiger partial charge in [0, 0.05) is 63.6 Å². The Balaban J connectivity index is 1.16. The Morgan fingerprint density at radius 2 is 1.89 bits per heavy atom. The first-order valence-corrected chi connectivity index (χ1v) is 13.9. The van der Waals surface area contributed by atoms with Crippen molar-refractivity contribution in [3.8, 4) is 0 Å². The molecule has 2 aromatic rings. The van der Waals surface area contributed by atoms with Crippen molar-refractivity contribution in [3.63, 3.8) is 0 Å². The first kappa shape index (κ1) is 25.4. The van der Waals surface area contributed by atoms with E-state index in [-0.39, 0.29) is 5.91 Å². The fourth-order valence-corrected chi connectivity index (χ4v) is 6.08. The van der Waals surface area contributed by atoms with Gasteiger partial charge in [-0.15, -0.1) is 0 Å². The molecule has 2 unspecified atom stereocenters. The predicted molar refractivity (Wildman–Crippen MR) is 145 cm³/mol. The Morgan fingerprint density at radius 1 is 1.11 bits per heavy atom. The van der Waals surface area contributed by atoms with E-state index in [1.54, 1.807) is 6.20 Å². The Bertz CT molecular complexity index is 1060. The highest BCUT2D eigenvalue weighted by molar-refractivity contribution is 9.10. The predicted octanol–water partition coefficient (Wildman–Crippen LogP) is 3.25. The number of halogens is 1.